The molecule has 0 aliphatic carbocycles. The lowest BCUT2D eigenvalue weighted by Gasteiger charge is -2.25. The number of benzene rings is 10. The molecular formula is C63H42N4O. The fourth-order valence-electron chi connectivity index (χ4n) is 9.20. The zero-order chi connectivity index (χ0) is 45.2. The van der Waals surface area contributed by atoms with Gasteiger partial charge in [-0.15, -0.1) is 0 Å². The monoisotopic (exact) mass is 870 g/mol. The molecule has 0 saturated heterocycles. The van der Waals surface area contributed by atoms with E-state index < -0.39 is 0 Å². The summed E-state index contributed by atoms with van der Waals surface area (Å²) in [5.41, 5.74) is 16.6. The lowest BCUT2D eigenvalue weighted by Crippen LogP contribution is -2.09. The summed E-state index contributed by atoms with van der Waals surface area (Å²) in [7, 11) is 0. The van der Waals surface area contributed by atoms with Gasteiger partial charge in [0.2, 0.25) is 0 Å². The van der Waals surface area contributed by atoms with Gasteiger partial charge in [0.05, 0.1) is 0 Å². The van der Waals surface area contributed by atoms with Crippen LogP contribution in [0.1, 0.15) is 0 Å². The van der Waals surface area contributed by atoms with Crippen molar-refractivity contribution in [2.75, 3.05) is 4.90 Å². The normalized spacial score (nSPS) is 11.2. The van der Waals surface area contributed by atoms with Crippen LogP contribution < -0.4 is 4.90 Å². The van der Waals surface area contributed by atoms with Crippen LogP contribution in [0.3, 0.4) is 0 Å². The number of rotatable bonds is 10. The van der Waals surface area contributed by atoms with Crippen molar-refractivity contribution in [3.63, 3.8) is 0 Å². The molecular weight excluding hydrogens is 829 g/mol. The Labute approximate surface area is 395 Å². The molecule has 320 valence electrons. The van der Waals surface area contributed by atoms with Crippen molar-refractivity contribution in [1.82, 2.24) is 15.0 Å². The van der Waals surface area contributed by atoms with Crippen LogP contribution in [-0.4, -0.2) is 15.0 Å². The van der Waals surface area contributed by atoms with Gasteiger partial charge in [-0.1, -0.05) is 206 Å². The van der Waals surface area contributed by atoms with Crippen LogP contribution in [0, 0.1) is 0 Å². The number of furan rings is 1. The van der Waals surface area contributed by atoms with E-state index in [0.29, 0.717) is 17.5 Å². The molecule has 0 saturated carbocycles. The maximum absolute atomic E-state index is 6.69. The van der Waals surface area contributed by atoms with Crippen LogP contribution in [0.4, 0.5) is 17.1 Å². The molecule has 0 radical (unpaired) electrons. The van der Waals surface area contributed by atoms with E-state index in [-0.39, 0.29) is 0 Å². The average Bonchev–Trinajstić information content (AvgIpc) is 3.81. The zero-order valence-corrected chi connectivity index (χ0v) is 36.9. The highest BCUT2D eigenvalue weighted by Gasteiger charge is 2.19. The second-order valence-corrected chi connectivity index (χ2v) is 16.8. The summed E-state index contributed by atoms with van der Waals surface area (Å²) in [6.07, 6.45) is 0. The summed E-state index contributed by atoms with van der Waals surface area (Å²) in [5, 5.41) is 2.12. The first kappa shape index (κ1) is 40.3. The fraction of sp³-hybridized carbons (Fsp3) is 0. The van der Waals surface area contributed by atoms with Crippen LogP contribution in [-0.2, 0) is 0 Å². The van der Waals surface area contributed by atoms with Gasteiger partial charge in [0.1, 0.15) is 11.2 Å². The molecule has 10 aromatic carbocycles. The summed E-state index contributed by atoms with van der Waals surface area (Å²) >= 11 is 0. The quantitative estimate of drug-likeness (QED) is 0.137. The largest absolute Gasteiger partial charge is 0.456 e. The molecule has 0 N–H and O–H groups in total. The molecule has 5 heteroatoms. The van der Waals surface area contributed by atoms with E-state index >= 15 is 0 Å². The minimum atomic E-state index is 0.609. The van der Waals surface area contributed by atoms with Crippen molar-refractivity contribution >= 4 is 39.0 Å². The van der Waals surface area contributed by atoms with Crippen molar-refractivity contribution in [1.29, 1.82) is 0 Å². The maximum Gasteiger partial charge on any atom is 0.164 e. The number of hydrogen-bond acceptors (Lipinski definition) is 5. The molecule has 0 bridgehead atoms. The summed E-state index contributed by atoms with van der Waals surface area (Å²) in [6, 6.07) is 88.7. The van der Waals surface area contributed by atoms with Crippen molar-refractivity contribution < 1.29 is 4.42 Å². The summed E-state index contributed by atoms with van der Waals surface area (Å²) in [6.45, 7) is 0. The topological polar surface area (TPSA) is 55.1 Å². The highest BCUT2D eigenvalue weighted by molar-refractivity contribution is 6.13. The predicted octanol–water partition coefficient (Wildman–Crippen LogP) is 16.9. The minimum absolute atomic E-state index is 0.609. The third-order valence-electron chi connectivity index (χ3n) is 12.6. The van der Waals surface area contributed by atoms with Gasteiger partial charge in [0.15, 0.2) is 17.5 Å². The van der Waals surface area contributed by atoms with E-state index in [9.17, 15) is 0 Å². The van der Waals surface area contributed by atoms with E-state index in [4.69, 9.17) is 19.4 Å². The maximum atomic E-state index is 6.69. The SMILES string of the molecule is c1ccc(-c2ccc(-c3ccc(N(c4ccccc4)c4ccc5c(c4)oc4cccc(-c6ccc(-c7nc(-c8ccccc8)nc(-c8ccccc8-c8ccccc8)n7)cc6)c45)cc3)cc2)cc1. The molecule has 12 rings (SSSR count). The Morgan fingerprint density at radius 3 is 1.31 bits per heavy atom. The lowest BCUT2D eigenvalue weighted by molar-refractivity contribution is 0.669. The Hall–Kier alpha value is -9.19. The van der Waals surface area contributed by atoms with Gasteiger partial charge in [-0.3, -0.25) is 0 Å². The van der Waals surface area contributed by atoms with Gasteiger partial charge in [0, 0.05) is 50.6 Å². The third-order valence-corrected chi connectivity index (χ3v) is 12.6. The first-order valence-electron chi connectivity index (χ1n) is 22.8. The third kappa shape index (κ3) is 7.78. The van der Waals surface area contributed by atoms with Crippen LogP contribution in [0.5, 0.6) is 0 Å². The molecule has 0 spiro atoms. The van der Waals surface area contributed by atoms with Crippen LogP contribution in [0.25, 0.3) is 101 Å². The second-order valence-electron chi connectivity index (χ2n) is 16.8. The molecule has 0 atom stereocenters. The Balaban J connectivity index is 0.882. The zero-order valence-electron chi connectivity index (χ0n) is 36.9. The highest BCUT2D eigenvalue weighted by Crippen LogP contribution is 2.42. The standard InChI is InChI=1S/C63H42N4O/c1-5-16-43(17-6-1)44-28-30-45(31-29-44)46-36-38-52(39-37-46)67(51-22-11-4-12-23-51)53-40-41-57-59(42-53)68-58-27-15-26-55(60(57)58)48-32-34-50(35-33-48)62-64-61(49-20-9-3-10-21-49)65-63(66-62)56-25-14-13-24-54(56)47-18-7-2-8-19-47/h1-42H. The molecule has 12 aromatic rings. The van der Waals surface area contributed by atoms with E-state index in [2.05, 4.69) is 211 Å². The number of aromatic nitrogens is 3. The van der Waals surface area contributed by atoms with Gasteiger partial charge >= 0.3 is 0 Å². The van der Waals surface area contributed by atoms with E-state index in [0.717, 1.165) is 83.5 Å². The van der Waals surface area contributed by atoms with Crippen molar-refractivity contribution in [2.24, 2.45) is 0 Å². The second kappa shape index (κ2) is 17.7. The summed E-state index contributed by atoms with van der Waals surface area (Å²) < 4.78 is 6.69. The number of anilines is 3. The predicted molar refractivity (Wildman–Crippen MR) is 280 cm³/mol. The number of nitrogens with zero attached hydrogens (tertiary/aromatic N) is 4. The number of hydrogen-bond donors (Lipinski definition) is 0. The van der Waals surface area contributed by atoms with Gasteiger partial charge in [0.25, 0.3) is 0 Å². The molecule has 0 aliphatic rings. The molecule has 2 aromatic heterocycles. The Morgan fingerprint density at radius 2 is 0.676 bits per heavy atom. The van der Waals surface area contributed by atoms with E-state index in [1.807, 2.05) is 48.5 Å². The molecule has 5 nitrogen and oxygen atoms in total. The van der Waals surface area contributed by atoms with E-state index in [1.54, 1.807) is 0 Å². The first-order chi connectivity index (χ1) is 33.7. The van der Waals surface area contributed by atoms with Gasteiger partial charge in [-0.2, -0.15) is 0 Å². The molecule has 0 unspecified atom stereocenters. The van der Waals surface area contributed by atoms with Crippen LogP contribution >= 0.6 is 0 Å². The van der Waals surface area contributed by atoms with Gasteiger partial charge < -0.3 is 9.32 Å². The lowest BCUT2D eigenvalue weighted by atomic mass is 9.98. The number of para-hydroxylation sites is 1. The Morgan fingerprint density at radius 1 is 0.265 bits per heavy atom. The van der Waals surface area contributed by atoms with Crippen LogP contribution in [0.15, 0.2) is 259 Å². The average molecular weight is 871 g/mol. The molecule has 2 heterocycles. The van der Waals surface area contributed by atoms with E-state index in [1.165, 1.54) is 16.7 Å². The molecule has 68 heavy (non-hydrogen) atoms. The fourth-order valence-corrected chi connectivity index (χ4v) is 9.20. The first-order valence-corrected chi connectivity index (χ1v) is 22.8. The summed E-state index contributed by atoms with van der Waals surface area (Å²) in [4.78, 5) is 17.5. The van der Waals surface area contributed by atoms with Crippen molar-refractivity contribution in [3.8, 4) is 78.7 Å². The van der Waals surface area contributed by atoms with Gasteiger partial charge in [-0.25, -0.2) is 15.0 Å². The number of fused-ring (bicyclic) bond motifs is 3. The molecule has 0 fully saturated rings. The van der Waals surface area contributed by atoms with Crippen molar-refractivity contribution in [3.05, 3.63) is 255 Å². The summed E-state index contributed by atoms with van der Waals surface area (Å²) in [5.74, 6) is 1.86. The molecule has 0 aliphatic heterocycles. The molecule has 0 amide bonds. The minimum Gasteiger partial charge on any atom is -0.456 e. The smallest absolute Gasteiger partial charge is 0.164 e. The van der Waals surface area contributed by atoms with Gasteiger partial charge in [-0.05, 0) is 87.0 Å². The van der Waals surface area contributed by atoms with Crippen molar-refractivity contribution in [2.45, 2.75) is 0 Å². The van der Waals surface area contributed by atoms with Crippen LogP contribution in [0.2, 0.25) is 0 Å². The Bertz CT molecular complexity index is 3690. The Kier molecular flexibility index (Phi) is 10.5. The highest BCUT2D eigenvalue weighted by atomic mass is 16.3.